The minimum atomic E-state index is -4.44. The van der Waals surface area contributed by atoms with Crippen molar-refractivity contribution in [3.63, 3.8) is 0 Å². The highest BCUT2D eigenvalue weighted by Gasteiger charge is 2.32. The number of alkyl halides is 3. The van der Waals surface area contributed by atoms with Gasteiger partial charge in [-0.3, -0.25) is 9.59 Å². The molecule has 1 N–H and O–H groups in total. The summed E-state index contributed by atoms with van der Waals surface area (Å²) in [7, 11) is 1.72. The summed E-state index contributed by atoms with van der Waals surface area (Å²) in [5.74, 6) is -0.149. The van der Waals surface area contributed by atoms with E-state index in [1.165, 1.54) is 27.4 Å². The van der Waals surface area contributed by atoms with Crippen molar-refractivity contribution in [1.82, 2.24) is 30.4 Å². The molecule has 12 heteroatoms. The number of amides is 2. The van der Waals surface area contributed by atoms with Gasteiger partial charge in [0, 0.05) is 38.9 Å². The van der Waals surface area contributed by atoms with E-state index in [1.54, 1.807) is 13.1 Å². The average molecular weight is 442 g/mol. The number of thioether (sulfide) groups is 1. The minimum Gasteiger partial charge on any atom is -0.355 e. The van der Waals surface area contributed by atoms with Gasteiger partial charge in [-0.25, -0.2) is 4.68 Å². The third kappa shape index (κ3) is 5.71. The summed E-state index contributed by atoms with van der Waals surface area (Å²) in [6.45, 7) is 0.636. The summed E-state index contributed by atoms with van der Waals surface area (Å²) in [5.41, 5.74) is -0.373. The Labute approximate surface area is 175 Å². The zero-order valence-electron chi connectivity index (χ0n) is 16.2. The van der Waals surface area contributed by atoms with E-state index >= 15 is 0 Å². The molecule has 2 heterocycles. The average Bonchev–Trinajstić information content (AvgIpc) is 3.11. The molecular weight excluding hydrogens is 421 g/mol. The summed E-state index contributed by atoms with van der Waals surface area (Å²) >= 11 is 1.40. The molecule has 0 radical (unpaired) electrons. The number of carbonyl (C=O) groups is 2. The first-order valence-corrected chi connectivity index (χ1v) is 10.3. The Hall–Kier alpha value is -2.63. The SMILES string of the molecule is Cn1nnnc1SCCNC(=O)C1CCC(=O)N(Cc2cccc(C(F)(F)F)c2)C1. The maximum atomic E-state index is 12.9. The molecule has 0 spiro atoms. The number of aryl methyl sites for hydroxylation is 1. The van der Waals surface area contributed by atoms with Crippen LogP contribution in [0.3, 0.4) is 0 Å². The number of hydrogen-bond donors (Lipinski definition) is 1. The lowest BCUT2D eigenvalue weighted by Crippen LogP contribution is -2.45. The van der Waals surface area contributed by atoms with Crippen molar-refractivity contribution in [1.29, 1.82) is 0 Å². The molecule has 30 heavy (non-hydrogen) atoms. The van der Waals surface area contributed by atoms with Crippen LogP contribution in [0.25, 0.3) is 0 Å². The van der Waals surface area contributed by atoms with E-state index < -0.39 is 17.7 Å². The lowest BCUT2D eigenvalue weighted by atomic mass is 9.96. The van der Waals surface area contributed by atoms with Gasteiger partial charge in [0.2, 0.25) is 17.0 Å². The van der Waals surface area contributed by atoms with Crippen LogP contribution in [-0.4, -0.2) is 55.8 Å². The van der Waals surface area contributed by atoms with Gasteiger partial charge in [0.15, 0.2) is 0 Å². The number of piperidine rings is 1. The molecule has 2 amide bonds. The smallest absolute Gasteiger partial charge is 0.355 e. The summed E-state index contributed by atoms with van der Waals surface area (Å²) in [5, 5.41) is 14.6. The summed E-state index contributed by atoms with van der Waals surface area (Å²) in [6, 6.07) is 4.90. The van der Waals surface area contributed by atoms with Gasteiger partial charge in [-0.1, -0.05) is 23.9 Å². The van der Waals surface area contributed by atoms with Gasteiger partial charge in [0.25, 0.3) is 0 Å². The van der Waals surface area contributed by atoms with Crippen LogP contribution in [0.15, 0.2) is 29.4 Å². The molecule has 2 aromatic rings. The molecule has 3 rings (SSSR count). The normalized spacial score (nSPS) is 17.3. The minimum absolute atomic E-state index is 0.0432. The standard InChI is InChI=1S/C18H21F3N6O2S/c1-26-17(23-24-25-26)30-8-7-22-16(29)13-5-6-15(28)27(11-13)10-12-3-2-4-14(9-12)18(19,20)21/h2-4,9,13H,5-8,10-11H2,1H3,(H,22,29). The number of rotatable bonds is 7. The monoisotopic (exact) mass is 442 g/mol. The molecule has 0 aliphatic carbocycles. The van der Waals surface area contributed by atoms with Crippen LogP contribution in [-0.2, 0) is 29.4 Å². The molecular formula is C18H21F3N6O2S. The number of nitrogens with one attached hydrogen (secondary N) is 1. The van der Waals surface area contributed by atoms with E-state index in [0.29, 0.717) is 29.4 Å². The fourth-order valence-electron chi connectivity index (χ4n) is 3.15. The van der Waals surface area contributed by atoms with Gasteiger partial charge < -0.3 is 10.2 Å². The van der Waals surface area contributed by atoms with Crippen LogP contribution >= 0.6 is 11.8 Å². The van der Waals surface area contributed by atoms with Crippen LogP contribution < -0.4 is 5.32 Å². The Morgan fingerprint density at radius 1 is 1.37 bits per heavy atom. The first-order chi connectivity index (χ1) is 14.2. The molecule has 1 saturated heterocycles. The number of carbonyl (C=O) groups excluding carboxylic acids is 2. The first kappa shape index (κ1) is 22.1. The van der Waals surface area contributed by atoms with Crippen molar-refractivity contribution in [2.45, 2.75) is 30.7 Å². The molecule has 1 aromatic carbocycles. The maximum absolute atomic E-state index is 12.9. The molecule has 1 unspecified atom stereocenters. The number of benzene rings is 1. The zero-order valence-corrected chi connectivity index (χ0v) is 17.0. The van der Waals surface area contributed by atoms with E-state index in [-0.39, 0.29) is 31.3 Å². The van der Waals surface area contributed by atoms with Crippen LogP contribution in [0.5, 0.6) is 0 Å². The Morgan fingerprint density at radius 3 is 2.87 bits per heavy atom. The van der Waals surface area contributed by atoms with Crippen molar-refractivity contribution >= 4 is 23.6 Å². The molecule has 1 aliphatic rings. The van der Waals surface area contributed by atoms with Crippen molar-refractivity contribution < 1.29 is 22.8 Å². The highest BCUT2D eigenvalue weighted by Crippen LogP contribution is 2.30. The highest BCUT2D eigenvalue weighted by molar-refractivity contribution is 7.99. The van der Waals surface area contributed by atoms with Crippen LogP contribution in [0.2, 0.25) is 0 Å². The molecule has 162 valence electrons. The zero-order chi connectivity index (χ0) is 21.7. The summed E-state index contributed by atoms with van der Waals surface area (Å²) in [4.78, 5) is 26.1. The highest BCUT2D eigenvalue weighted by atomic mass is 32.2. The van der Waals surface area contributed by atoms with Crippen molar-refractivity contribution in [3.05, 3.63) is 35.4 Å². The second-order valence-electron chi connectivity index (χ2n) is 6.93. The van der Waals surface area contributed by atoms with E-state index in [1.807, 2.05) is 0 Å². The molecule has 8 nitrogen and oxygen atoms in total. The maximum Gasteiger partial charge on any atom is 0.416 e. The van der Waals surface area contributed by atoms with Crippen molar-refractivity contribution in [3.8, 4) is 0 Å². The number of aromatic nitrogens is 4. The van der Waals surface area contributed by atoms with Crippen LogP contribution in [0.4, 0.5) is 13.2 Å². The van der Waals surface area contributed by atoms with Crippen LogP contribution in [0.1, 0.15) is 24.0 Å². The van der Waals surface area contributed by atoms with Crippen LogP contribution in [0, 0.1) is 5.92 Å². The molecule has 0 bridgehead atoms. The fourth-order valence-corrected chi connectivity index (χ4v) is 3.86. The van der Waals surface area contributed by atoms with Gasteiger partial charge in [0.1, 0.15) is 0 Å². The van der Waals surface area contributed by atoms with Gasteiger partial charge in [-0.05, 0) is 34.5 Å². The van der Waals surface area contributed by atoms with Gasteiger partial charge in [-0.15, -0.1) is 5.10 Å². The predicted molar refractivity (Wildman–Crippen MR) is 102 cm³/mol. The van der Waals surface area contributed by atoms with E-state index in [2.05, 4.69) is 20.8 Å². The summed E-state index contributed by atoms with van der Waals surface area (Å²) < 4.78 is 40.2. The molecule has 1 fully saturated rings. The predicted octanol–water partition coefficient (Wildman–Crippen LogP) is 1.88. The quantitative estimate of drug-likeness (QED) is 0.520. The molecule has 1 atom stereocenters. The number of tetrazole rings is 1. The third-order valence-electron chi connectivity index (χ3n) is 4.71. The van der Waals surface area contributed by atoms with E-state index in [0.717, 1.165) is 12.1 Å². The fraction of sp³-hybridized carbons (Fsp3) is 0.500. The van der Waals surface area contributed by atoms with Crippen molar-refractivity contribution in [2.75, 3.05) is 18.8 Å². The van der Waals surface area contributed by atoms with Gasteiger partial charge in [0.05, 0.1) is 11.5 Å². The molecule has 1 aromatic heterocycles. The first-order valence-electron chi connectivity index (χ1n) is 9.31. The Bertz CT molecular complexity index is 904. The second-order valence-corrected chi connectivity index (χ2v) is 7.99. The molecule has 1 aliphatic heterocycles. The van der Waals surface area contributed by atoms with Gasteiger partial charge in [-0.2, -0.15) is 13.2 Å². The Kier molecular flexibility index (Phi) is 6.95. The Balaban J connectivity index is 1.51. The summed E-state index contributed by atoms with van der Waals surface area (Å²) in [6.07, 6.45) is -3.83. The number of halogens is 3. The third-order valence-corrected chi connectivity index (χ3v) is 5.72. The molecule has 0 saturated carbocycles. The second kappa shape index (κ2) is 9.45. The largest absolute Gasteiger partial charge is 0.416 e. The lowest BCUT2D eigenvalue weighted by Gasteiger charge is -2.32. The number of hydrogen-bond acceptors (Lipinski definition) is 6. The van der Waals surface area contributed by atoms with Gasteiger partial charge >= 0.3 is 6.18 Å². The van der Waals surface area contributed by atoms with E-state index in [4.69, 9.17) is 0 Å². The number of nitrogens with zero attached hydrogens (tertiary/aromatic N) is 5. The van der Waals surface area contributed by atoms with E-state index in [9.17, 15) is 22.8 Å². The lowest BCUT2D eigenvalue weighted by molar-refractivity contribution is -0.138. The number of likely N-dealkylation sites (tertiary alicyclic amines) is 1. The topological polar surface area (TPSA) is 93.0 Å². The van der Waals surface area contributed by atoms with Crippen molar-refractivity contribution in [2.24, 2.45) is 13.0 Å². The Morgan fingerprint density at radius 2 is 2.17 bits per heavy atom.